The number of nitrogens with zero attached hydrogens (tertiary/aromatic N) is 1. The van der Waals surface area contributed by atoms with Crippen LogP contribution in [0.2, 0.25) is 0 Å². The van der Waals surface area contributed by atoms with Crippen LogP contribution in [0, 0.1) is 0 Å². The van der Waals surface area contributed by atoms with E-state index >= 15 is 0 Å². The number of hydrogen-bond acceptors (Lipinski definition) is 4. The van der Waals surface area contributed by atoms with Gasteiger partial charge in [0.2, 0.25) is 0 Å². The van der Waals surface area contributed by atoms with Gasteiger partial charge >= 0.3 is 29.6 Å². The SMILES string of the molecule is CCCCCCCCCCCCCCCCCCc1nc2ccc(S(=O)(=O)[O-])cc2[nH]1.[Na+]. The summed E-state index contributed by atoms with van der Waals surface area (Å²) in [6, 6.07) is 4.29. The fourth-order valence-electron chi connectivity index (χ4n) is 4.16. The number of unbranched alkanes of at least 4 members (excludes halogenated alkanes) is 15. The van der Waals surface area contributed by atoms with Gasteiger partial charge in [-0.15, -0.1) is 0 Å². The Morgan fingerprint density at radius 3 is 1.72 bits per heavy atom. The van der Waals surface area contributed by atoms with Crippen LogP contribution < -0.4 is 29.6 Å². The minimum absolute atomic E-state index is 0. The van der Waals surface area contributed by atoms with E-state index < -0.39 is 10.1 Å². The maximum Gasteiger partial charge on any atom is 1.00 e. The van der Waals surface area contributed by atoms with Crippen molar-refractivity contribution in [1.82, 2.24) is 9.97 Å². The molecule has 0 aliphatic rings. The van der Waals surface area contributed by atoms with Crippen LogP contribution in [0.15, 0.2) is 23.1 Å². The first-order valence-corrected chi connectivity index (χ1v) is 13.9. The predicted octanol–water partition coefficient (Wildman–Crippen LogP) is 4.28. The van der Waals surface area contributed by atoms with Gasteiger partial charge < -0.3 is 9.54 Å². The van der Waals surface area contributed by atoms with Crippen molar-refractivity contribution in [2.24, 2.45) is 0 Å². The topological polar surface area (TPSA) is 85.9 Å². The molecule has 0 unspecified atom stereocenters. The molecule has 2 aromatic rings. The summed E-state index contributed by atoms with van der Waals surface area (Å²) in [7, 11) is -4.43. The smallest absolute Gasteiger partial charge is 0.744 e. The Kier molecular flexibility index (Phi) is 15.8. The number of aromatic nitrogens is 2. The molecule has 1 N–H and O–H groups in total. The van der Waals surface area contributed by atoms with E-state index in [-0.39, 0.29) is 34.5 Å². The molecule has 0 saturated heterocycles. The molecule has 0 aliphatic heterocycles. The van der Waals surface area contributed by atoms with Crippen molar-refractivity contribution in [2.45, 2.75) is 121 Å². The Hall–Kier alpha value is -0.400. The monoisotopic (exact) mass is 472 g/mol. The first kappa shape index (κ1) is 29.6. The molecule has 2 rings (SSSR count). The van der Waals surface area contributed by atoms with Gasteiger partial charge in [0.1, 0.15) is 15.9 Å². The third-order valence-corrected chi connectivity index (χ3v) is 6.89. The minimum atomic E-state index is -4.43. The van der Waals surface area contributed by atoms with E-state index in [4.69, 9.17) is 0 Å². The van der Waals surface area contributed by atoms with Gasteiger partial charge in [0.25, 0.3) is 0 Å². The first-order valence-electron chi connectivity index (χ1n) is 12.5. The summed E-state index contributed by atoms with van der Waals surface area (Å²) in [6.07, 6.45) is 22.4. The molecule has 0 atom stereocenters. The van der Waals surface area contributed by atoms with Gasteiger partial charge in [-0.2, -0.15) is 0 Å². The molecule has 0 spiro atoms. The Labute approximate surface area is 217 Å². The second kappa shape index (κ2) is 17.1. The second-order valence-corrected chi connectivity index (χ2v) is 10.2. The fraction of sp³-hybridized carbons (Fsp3) is 0.720. The fourth-order valence-corrected chi connectivity index (χ4v) is 4.65. The number of H-pyrrole nitrogens is 1. The van der Waals surface area contributed by atoms with Crippen LogP contribution in [0.3, 0.4) is 0 Å². The van der Waals surface area contributed by atoms with Crippen LogP contribution in [0.5, 0.6) is 0 Å². The molecular formula is C25H41N2NaO3S. The quantitative estimate of drug-likeness (QED) is 0.199. The number of hydrogen-bond donors (Lipinski definition) is 1. The van der Waals surface area contributed by atoms with Crippen molar-refractivity contribution < 1.29 is 42.5 Å². The molecule has 0 amide bonds. The zero-order chi connectivity index (χ0) is 22.4. The molecular weight excluding hydrogens is 431 g/mol. The van der Waals surface area contributed by atoms with Crippen molar-refractivity contribution in [2.75, 3.05) is 0 Å². The third kappa shape index (κ3) is 12.2. The molecule has 7 heteroatoms. The van der Waals surface area contributed by atoms with Crippen LogP contribution in [-0.4, -0.2) is 22.9 Å². The number of nitrogens with one attached hydrogen (secondary N) is 1. The standard InChI is InChI=1S/C25H42N2O3S.Na/c1-2-3-4-5-6-7-8-9-10-11-12-13-14-15-16-17-18-25-26-23-20-19-22(31(28,29)30)21-24(23)27-25;/h19-21H,2-18H2,1H3,(H,26,27)(H,28,29,30);/q;+1/p-1. The summed E-state index contributed by atoms with van der Waals surface area (Å²) < 4.78 is 33.4. The van der Waals surface area contributed by atoms with Crippen molar-refractivity contribution in [3.63, 3.8) is 0 Å². The number of rotatable bonds is 18. The van der Waals surface area contributed by atoms with Gasteiger partial charge in [0.15, 0.2) is 0 Å². The van der Waals surface area contributed by atoms with Crippen molar-refractivity contribution in [1.29, 1.82) is 0 Å². The number of aromatic amines is 1. The largest absolute Gasteiger partial charge is 1.00 e. The molecule has 176 valence electrons. The van der Waals surface area contributed by atoms with Crippen molar-refractivity contribution in [3.05, 3.63) is 24.0 Å². The van der Waals surface area contributed by atoms with Gasteiger partial charge in [-0.3, -0.25) is 0 Å². The second-order valence-electron chi connectivity index (χ2n) is 8.87. The summed E-state index contributed by atoms with van der Waals surface area (Å²) in [6.45, 7) is 2.27. The maximum absolute atomic E-state index is 11.1. The zero-order valence-electron chi connectivity index (χ0n) is 20.3. The molecule has 1 aromatic heterocycles. The number of benzene rings is 1. The number of imidazole rings is 1. The molecule has 0 saturated carbocycles. The minimum Gasteiger partial charge on any atom is -0.744 e. The predicted molar refractivity (Wildman–Crippen MR) is 127 cm³/mol. The zero-order valence-corrected chi connectivity index (χ0v) is 23.1. The van der Waals surface area contributed by atoms with Gasteiger partial charge in [-0.05, 0) is 24.6 Å². The van der Waals surface area contributed by atoms with Crippen LogP contribution in [0.25, 0.3) is 11.0 Å². The van der Waals surface area contributed by atoms with Gasteiger partial charge in [0.05, 0.1) is 15.9 Å². The molecule has 0 radical (unpaired) electrons. The van der Waals surface area contributed by atoms with E-state index in [1.807, 2.05) is 0 Å². The average Bonchev–Trinajstić information content (AvgIpc) is 3.15. The molecule has 0 aliphatic carbocycles. The molecule has 0 fully saturated rings. The number of aryl methyl sites for hydroxylation is 1. The summed E-state index contributed by atoms with van der Waals surface area (Å²) in [4.78, 5) is 7.43. The summed E-state index contributed by atoms with van der Waals surface area (Å²) >= 11 is 0. The Bertz CT molecular complexity index is 852. The van der Waals surface area contributed by atoms with Crippen LogP contribution in [0.1, 0.15) is 115 Å². The summed E-state index contributed by atoms with van der Waals surface area (Å²) in [5.41, 5.74) is 1.32. The summed E-state index contributed by atoms with van der Waals surface area (Å²) in [5, 5.41) is 0. The van der Waals surface area contributed by atoms with Crippen LogP contribution in [-0.2, 0) is 16.5 Å². The van der Waals surface area contributed by atoms with Crippen LogP contribution in [0.4, 0.5) is 0 Å². The summed E-state index contributed by atoms with van der Waals surface area (Å²) in [5.74, 6) is 0.862. The van der Waals surface area contributed by atoms with Crippen molar-refractivity contribution >= 4 is 21.2 Å². The van der Waals surface area contributed by atoms with Crippen LogP contribution >= 0.6 is 0 Å². The van der Waals surface area contributed by atoms with E-state index in [1.54, 1.807) is 6.07 Å². The normalized spacial score (nSPS) is 11.7. The molecule has 0 bridgehead atoms. The third-order valence-electron chi connectivity index (χ3n) is 6.06. The molecule has 1 aromatic carbocycles. The van der Waals surface area contributed by atoms with E-state index in [0.717, 1.165) is 18.7 Å². The molecule has 5 nitrogen and oxygen atoms in total. The Morgan fingerprint density at radius 1 is 0.781 bits per heavy atom. The first-order chi connectivity index (χ1) is 15.0. The Morgan fingerprint density at radius 2 is 1.25 bits per heavy atom. The van der Waals surface area contributed by atoms with Crippen molar-refractivity contribution in [3.8, 4) is 0 Å². The van der Waals surface area contributed by atoms with E-state index in [9.17, 15) is 13.0 Å². The van der Waals surface area contributed by atoms with Gasteiger partial charge in [-0.1, -0.05) is 103 Å². The number of fused-ring (bicyclic) bond motifs is 1. The van der Waals surface area contributed by atoms with E-state index in [0.29, 0.717) is 11.0 Å². The van der Waals surface area contributed by atoms with Gasteiger partial charge in [0, 0.05) is 6.42 Å². The Balaban J connectivity index is 0.00000512. The van der Waals surface area contributed by atoms with Gasteiger partial charge in [-0.25, -0.2) is 13.4 Å². The maximum atomic E-state index is 11.1. The average molecular weight is 473 g/mol. The molecule has 1 heterocycles. The molecule has 32 heavy (non-hydrogen) atoms. The van der Waals surface area contributed by atoms with E-state index in [2.05, 4.69) is 16.9 Å². The van der Waals surface area contributed by atoms with E-state index in [1.165, 1.54) is 108 Å².